The molecule has 0 aromatic heterocycles. The predicted molar refractivity (Wildman–Crippen MR) is 50.5 cm³/mol. The number of rotatable bonds is 4. The van der Waals surface area contributed by atoms with Crippen LogP contribution in [0, 0.1) is 0 Å². The smallest absolute Gasteiger partial charge is 0.248 e. The molecule has 4 nitrogen and oxygen atoms in total. The highest BCUT2D eigenvalue weighted by Gasteiger charge is 2.18. The molecule has 0 aliphatic carbocycles. The van der Waals surface area contributed by atoms with Gasteiger partial charge < -0.3 is 15.0 Å². The van der Waals surface area contributed by atoms with Crippen molar-refractivity contribution in [3.8, 4) is 0 Å². The van der Waals surface area contributed by atoms with Crippen LogP contribution in [0.5, 0.6) is 0 Å². The van der Waals surface area contributed by atoms with E-state index in [9.17, 15) is 4.79 Å². The average molecular weight is 186 g/mol. The number of likely N-dealkylation sites (N-methyl/N-ethyl adjacent to an activating group) is 1. The molecule has 0 aromatic carbocycles. The zero-order chi connectivity index (χ0) is 9.68. The Morgan fingerprint density at radius 3 is 3.00 bits per heavy atom. The SMILES string of the molecule is COCC(=O)N(C)CC1CCCN1. The number of methoxy groups -OCH3 is 1. The Hall–Kier alpha value is -0.610. The van der Waals surface area contributed by atoms with Gasteiger partial charge in [-0.15, -0.1) is 0 Å². The zero-order valence-electron chi connectivity index (χ0n) is 8.38. The first-order chi connectivity index (χ1) is 6.24. The highest BCUT2D eigenvalue weighted by Crippen LogP contribution is 2.05. The minimum atomic E-state index is 0.0520. The van der Waals surface area contributed by atoms with E-state index in [2.05, 4.69) is 5.32 Å². The normalized spacial score (nSPS) is 21.8. The van der Waals surface area contributed by atoms with Crippen LogP contribution >= 0.6 is 0 Å². The second-order valence-electron chi connectivity index (χ2n) is 3.50. The average Bonchev–Trinajstić information content (AvgIpc) is 2.57. The third kappa shape index (κ3) is 3.32. The van der Waals surface area contributed by atoms with Crippen LogP contribution in [-0.4, -0.2) is 50.7 Å². The predicted octanol–water partition coefficient (Wildman–Crippen LogP) is -0.157. The van der Waals surface area contributed by atoms with Crippen LogP contribution < -0.4 is 5.32 Å². The maximum Gasteiger partial charge on any atom is 0.248 e. The summed E-state index contributed by atoms with van der Waals surface area (Å²) in [5.41, 5.74) is 0. The molecule has 1 rings (SSSR count). The molecule has 1 heterocycles. The molecule has 4 heteroatoms. The summed E-state index contributed by atoms with van der Waals surface area (Å²) in [6.07, 6.45) is 2.39. The Balaban J connectivity index is 2.22. The van der Waals surface area contributed by atoms with Crippen LogP contribution in [0.2, 0.25) is 0 Å². The third-order valence-corrected chi connectivity index (χ3v) is 2.35. The number of amides is 1. The van der Waals surface area contributed by atoms with Crippen molar-refractivity contribution in [3.63, 3.8) is 0 Å². The van der Waals surface area contributed by atoms with Gasteiger partial charge in [-0.25, -0.2) is 0 Å². The van der Waals surface area contributed by atoms with Crippen molar-refractivity contribution >= 4 is 5.91 Å². The summed E-state index contributed by atoms with van der Waals surface area (Å²) in [5.74, 6) is 0.0520. The number of nitrogens with one attached hydrogen (secondary N) is 1. The van der Waals surface area contributed by atoms with E-state index in [1.807, 2.05) is 7.05 Å². The summed E-state index contributed by atoms with van der Waals surface area (Å²) in [7, 11) is 3.36. The van der Waals surface area contributed by atoms with Gasteiger partial charge in [-0.2, -0.15) is 0 Å². The molecule has 0 bridgehead atoms. The Kier molecular flexibility index (Phi) is 4.18. The summed E-state index contributed by atoms with van der Waals surface area (Å²) in [6, 6.07) is 0.478. The van der Waals surface area contributed by atoms with Gasteiger partial charge in [-0.05, 0) is 19.4 Å². The van der Waals surface area contributed by atoms with E-state index < -0.39 is 0 Å². The second-order valence-corrected chi connectivity index (χ2v) is 3.50. The molecule has 0 spiro atoms. The fourth-order valence-electron chi connectivity index (χ4n) is 1.58. The van der Waals surface area contributed by atoms with E-state index in [0.29, 0.717) is 6.04 Å². The second kappa shape index (κ2) is 5.19. The molecule has 1 unspecified atom stereocenters. The molecule has 1 aliphatic rings. The van der Waals surface area contributed by atoms with Gasteiger partial charge >= 0.3 is 0 Å². The molecule has 1 saturated heterocycles. The summed E-state index contributed by atoms with van der Waals surface area (Å²) in [4.78, 5) is 13.0. The first kappa shape index (κ1) is 10.5. The molecule has 1 aliphatic heterocycles. The minimum absolute atomic E-state index is 0.0520. The van der Waals surface area contributed by atoms with Crippen molar-refractivity contribution in [2.45, 2.75) is 18.9 Å². The quantitative estimate of drug-likeness (QED) is 0.663. The molecule has 0 saturated carbocycles. The van der Waals surface area contributed by atoms with Crippen LogP contribution in [0.1, 0.15) is 12.8 Å². The van der Waals surface area contributed by atoms with Gasteiger partial charge in [0.15, 0.2) is 0 Å². The van der Waals surface area contributed by atoms with E-state index in [1.54, 1.807) is 12.0 Å². The lowest BCUT2D eigenvalue weighted by Gasteiger charge is -2.20. The number of carbonyl (C=O) groups is 1. The topological polar surface area (TPSA) is 41.6 Å². The highest BCUT2D eigenvalue weighted by atomic mass is 16.5. The number of hydrogen-bond donors (Lipinski definition) is 1. The molecular formula is C9H18N2O2. The van der Waals surface area contributed by atoms with Gasteiger partial charge in [0.1, 0.15) is 6.61 Å². The number of ether oxygens (including phenoxy) is 1. The standard InChI is InChI=1S/C9H18N2O2/c1-11(9(12)7-13-2)6-8-4-3-5-10-8/h8,10H,3-7H2,1-2H3. The van der Waals surface area contributed by atoms with Crippen molar-refractivity contribution in [2.24, 2.45) is 0 Å². The summed E-state index contributed by atoms with van der Waals surface area (Å²) in [5, 5.41) is 3.35. The Bertz CT molecular complexity index is 167. The van der Waals surface area contributed by atoms with Gasteiger partial charge in [0.05, 0.1) is 0 Å². The van der Waals surface area contributed by atoms with E-state index in [-0.39, 0.29) is 12.5 Å². The molecule has 1 atom stereocenters. The van der Waals surface area contributed by atoms with Crippen molar-refractivity contribution in [1.82, 2.24) is 10.2 Å². The van der Waals surface area contributed by atoms with Crippen LogP contribution in [0.3, 0.4) is 0 Å². The van der Waals surface area contributed by atoms with Gasteiger partial charge in [0.2, 0.25) is 5.91 Å². The number of nitrogens with zero attached hydrogens (tertiary/aromatic N) is 1. The lowest BCUT2D eigenvalue weighted by Crippen LogP contribution is -2.40. The summed E-state index contributed by atoms with van der Waals surface area (Å²) in [6.45, 7) is 2.06. The van der Waals surface area contributed by atoms with Crippen LogP contribution in [0.15, 0.2) is 0 Å². The summed E-state index contributed by atoms with van der Waals surface area (Å²) >= 11 is 0. The highest BCUT2D eigenvalue weighted by molar-refractivity contribution is 5.77. The van der Waals surface area contributed by atoms with Crippen LogP contribution in [0.25, 0.3) is 0 Å². The Morgan fingerprint density at radius 1 is 1.69 bits per heavy atom. The van der Waals surface area contributed by atoms with E-state index >= 15 is 0 Å². The van der Waals surface area contributed by atoms with E-state index in [1.165, 1.54) is 12.8 Å². The molecular weight excluding hydrogens is 168 g/mol. The van der Waals surface area contributed by atoms with Crippen molar-refractivity contribution in [1.29, 1.82) is 0 Å². The van der Waals surface area contributed by atoms with Crippen molar-refractivity contribution < 1.29 is 9.53 Å². The van der Waals surface area contributed by atoms with Gasteiger partial charge in [-0.1, -0.05) is 0 Å². The summed E-state index contributed by atoms with van der Waals surface area (Å²) < 4.78 is 4.78. The monoisotopic (exact) mass is 186 g/mol. The van der Waals surface area contributed by atoms with Gasteiger partial charge in [-0.3, -0.25) is 4.79 Å². The van der Waals surface area contributed by atoms with Crippen molar-refractivity contribution in [3.05, 3.63) is 0 Å². The minimum Gasteiger partial charge on any atom is -0.375 e. The van der Waals surface area contributed by atoms with Gasteiger partial charge in [0, 0.05) is 26.7 Å². The lowest BCUT2D eigenvalue weighted by molar-refractivity contribution is -0.134. The van der Waals surface area contributed by atoms with Crippen molar-refractivity contribution in [2.75, 3.05) is 33.9 Å². The largest absolute Gasteiger partial charge is 0.375 e. The van der Waals surface area contributed by atoms with E-state index in [4.69, 9.17) is 4.74 Å². The maximum absolute atomic E-state index is 11.3. The third-order valence-electron chi connectivity index (χ3n) is 2.35. The number of hydrogen-bond acceptors (Lipinski definition) is 3. The molecule has 1 N–H and O–H groups in total. The molecule has 1 fully saturated rings. The molecule has 0 radical (unpaired) electrons. The lowest BCUT2D eigenvalue weighted by atomic mass is 10.2. The maximum atomic E-state index is 11.3. The first-order valence-electron chi connectivity index (χ1n) is 4.70. The van der Waals surface area contributed by atoms with Gasteiger partial charge in [0.25, 0.3) is 0 Å². The number of carbonyl (C=O) groups excluding carboxylic acids is 1. The molecule has 1 amide bonds. The molecule has 0 aromatic rings. The Labute approximate surface area is 79.2 Å². The van der Waals surface area contributed by atoms with Crippen LogP contribution in [-0.2, 0) is 9.53 Å². The van der Waals surface area contributed by atoms with E-state index in [0.717, 1.165) is 13.1 Å². The fourth-order valence-corrected chi connectivity index (χ4v) is 1.58. The molecule has 76 valence electrons. The Morgan fingerprint density at radius 2 is 2.46 bits per heavy atom. The molecule has 13 heavy (non-hydrogen) atoms. The first-order valence-corrected chi connectivity index (χ1v) is 4.70. The van der Waals surface area contributed by atoms with Crippen LogP contribution in [0.4, 0.5) is 0 Å². The zero-order valence-corrected chi connectivity index (χ0v) is 8.38. The fraction of sp³-hybridized carbons (Fsp3) is 0.889.